The third-order valence-electron chi connectivity index (χ3n) is 5.96. The highest BCUT2D eigenvalue weighted by atomic mass is 19.1. The summed E-state index contributed by atoms with van der Waals surface area (Å²) in [6.07, 6.45) is 4.28. The first-order valence-electron chi connectivity index (χ1n) is 10.6. The van der Waals surface area contributed by atoms with Crippen molar-refractivity contribution in [3.8, 4) is 16.9 Å². The number of rotatable bonds is 5. The Labute approximate surface area is 181 Å². The minimum atomic E-state index is -0.239. The number of likely N-dealkylation sites (N-methyl/N-ethyl adjacent to an activating group) is 1. The zero-order valence-corrected chi connectivity index (χ0v) is 17.8. The van der Waals surface area contributed by atoms with Crippen LogP contribution in [0.4, 0.5) is 4.39 Å². The number of benzene rings is 2. The van der Waals surface area contributed by atoms with Gasteiger partial charge in [-0.15, -0.1) is 0 Å². The molecule has 31 heavy (non-hydrogen) atoms. The summed E-state index contributed by atoms with van der Waals surface area (Å²) in [5.41, 5.74) is 4.43. The monoisotopic (exact) mass is 417 g/mol. The topological polar surface area (TPSA) is 45.0 Å². The Morgan fingerprint density at radius 3 is 2.77 bits per heavy atom. The number of aromatic nitrogens is 3. The fraction of sp³-hybridized carbons (Fsp3) is 0.280. The Morgan fingerprint density at radius 1 is 1.16 bits per heavy atom. The van der Waals surface area contributed by atoms with E-state index in [1.54, 1.807) is 18.5 Å². The van der Waals surface area contributed by atoms with Gasteiger partial charge in [0.1, 0.15) is 24.7 Å². The third kappa shape index (κ3) is 3.79. The third-order valence-corrected chi connectivity index (χ3v) is 5.96. The Bertz CT molecular complexity index is 1220. The molecular formula is C25H26FN4O+. The summed E-state index contributed by atoms with van der Waals surface area (Å²) in [5.74, 6) is 1.98. The molecule has 0 bridgehead atoms. The first-order valence-corrected chi connectivity index (χ1v) is 10.6. The van der Waals surface area contributed by atoms with Crippen LogP contribution in [0.2, 0.25) is 0 Å². The number of pyridine rings is 1. The van der Waals surface area contributed by atoms with Crippen molar-refractivity contribution in [2.45, 2.75) is 18.9 Å². The molecule has 0 fully saturated rings. The average molecular weight is 418 g/mol. The van der Waals surface area contributed by atoms with Crippen LogP contribution in [0.1, 0.15) is 17.3 Å². The van der Waals surface area contributed by atoms with E-state index in [0.717, 1.165) is 47.7 Å². The number of ether oxygens (including phenoxy) is 1. The van der Waals surface area contributed by atoms with Gasteiger partial charge in [-0.05, 0) is 49.8 Å². The Kier molecular flexibility index (Phi) is 5.16. The molecule has 158 valence electrons. The summed E-state index contributed by atoms with van der Waals surface area (Å²) >= 11 is 0. The minimum Gasteiger partial charge on any atom is -0.492 e. The van der Waals surface area contributed by atoms with Crippen molar-refractivity contribution in [1.29, 1.82) is 0 Å². The number of para-hydroxylation sites is 1. The standard InChI is InChI=1S/C25H25FN4O/c1-29(2)11-12-30-23-14-20(17-7-9-27-10-8-17)21(26)15-22(23)28-25(30)19-13-18-5-3-4-6-24(18)31-16-19/h3-10,14-15,19H,11-13,16H2,1-2H3/p+1. The summed E-state index contributed by atoms with van der Waals surface area (Å²) in [6, 6.07) is 15.4. The van der Waals surface area contributed by atoms with Crippen LogP contribution in [0, 0.1) is 5.82 Å². The largest absolute Gasteiger partial charge is 0.492 e. The van der Waals surface area contributed by atoms with Crippen molar-refractivity contribution in [2.24, 2.45) is 0 Å². The van der Waals surface area contributed by atoms with Crippen LogP contribution in [-0.4, -0.2) is 42.1 Å². The summed E-state index contributed by atoms with van der Waals surface area (Å²) in [7, 11) is 4.13. The Morgan fingerprint density at radius 2 is 1.97 bits per heavy atom. The molecule has 3 heterocycles. The fourth-order valence-corrected chi connectivity index (χ4v) is 4.34. The van der Waals surface area contributed by atoms with Gasteiger partial charge in [0.2, 0.25) is 0 Å². The van der Waals surface area contributed by atoms with E-state index in [9.17, 15) is 0 Å². The van der Waals surface area contributed by atoms with E-state index < -0.39 is 0 Å². The predicted octanol–water partition coefficient (Wildman–Crippen LogP) is 3.94. The highest BCUT2D eigenvalue weighted by Gasteiger charge is 2.32. The second kappa shape index (κ2) is 8.12. The fourth-order valence-electron chi connectivity index (χ4n) is 4.34. The number of nitrogens with one attached hydrogen (secondary N) is 1. The molecule has 0 saturated heterocycles. The van der Waals surface area contributed by atoms with Crippen LogP contribution in [0.15, 0.2) is 60.9 Å². The second-order valence-corrected chi connectivity index (χ2v) is 8.37. The average Bonchev–Trinajstić information content (AvgIpc) is 3.14. The van der Waals surface area contributed by atoms with E-state index in [0.29, 0.717) is 12.2 Å². The maximum Gasteiger partial charge on any atom is 0.262 e. The summed E-state index contributed by atoms with van der Waals surface area (Å²) in [6.45, 7) is 2.30. The lowest BCUT2D eigenvalue weighted by atomic mass is 9.96. The van der Waals surface area contributed by atoms with Crippen LogP contribution in [0.5, 0.6) is 5.75 Å². The lowest BCUT2D eigenvalue weighted by Crippen LogP contribution is -2.44. The van der Waals surface area contributed by atoms with Crippen molar-refractivity contribution in [3.63, 3.8) is 0 Å². The summed E-state index contributed by atoms with van der Waals surface area (Å²) in [4.78, 5) is 9.74. The molecule has 0 aliphatic carbocycles. The molecule has 4 aromatic rings. The SMILES string of the molecule is CN(C)CC[n+]1c(C2COc3ccccc3C2)[nH]c2cc(F)c(-c3ccncc3)cc21. The lowest BCUT2D eigenvalue weighted by molar-refractivity contribution is -0.679. The summed E-state index contributed by atoms with van der Waals surface area (Å²) < 4.78 is 23.4. The molecule has 1 unspecified atom stereocenters. The van der Waals surface area contributed by atoms with Crippen molar-refractivity contribution in [3.05, 3.63) is 78.1 Å². The van der Waals surface area contributed by atoms with Crippen LogP contribution in [-0.2, 0) is 13.0 Å². The van der Waals surface area contributed by atoms with Crippen molar-refractivity contribution < 1.29 is 13.7 Å². The highest BCUT2D eigenvalue weighted by molar-refractivity contribution is 5.80. The van der Waals surface area contributed by atoms with Crippen LogP contribution in [0.3, 0.4) is 0 Å². The van der Waals surface area contributed by atoms with E-state index in [1.165, 1.54) is 5.56 Å². The molecular weight excluding hydrogens is 391 g/mol. The molecule has 1 N–H and O–H groups in total. The van der Waals surface area contributed by atoms with Gasteiger partial charge in [0, 0.05) is 36.6 Å². The number of aromatic amines is 1. The van der Waals surface area contributed by atoms with Crippen LogP contribution >= 0.6 is 0 Å². The van der Waals surface area contributed by atoms with Gasteiger partial charge in [0.15, 0.2) is 11.0 Å². The normalized spacial score (nSPS) is 15.8. The molecule has 2 aromatic carbocycles. The molecule has 0 spiro atoms. The lowest BCUT2D eigenvalue weighted by Gasteiger charge is -2.23. The van der Waals surface area contributed by atoms with Crippen molar-refractivity contribution in [1.82, 2.24) is 14.9 Å². The first kappa shape index (κ1) is 19.7. The first-order chi connectivity index (χ1) is 15.1. The Balaban J connectivity index is 1.61. The van der Waals surface area contributed by atoms with E-state index >= 15 is 4.39 Å². The highest BCUT2D eigenvalue weighted by Crippen LogP contribution is 2.32. The predicted molar refractivity (Wildman–Crippen MR) is 119 cm³/mol. The minimum absolute atomic E-state index is 0.178. The molecule has 0 radical (unpaired) electrons. The van der Waals surface area contributed by atoms with E-state index in [4.69, 9.17) is 4.74 Å². The van der Waals surface area contributed by atoms with Gasteiger partial charge in [-0.25, -0.2) is 13.9 Å². The van der Waals surface area contributed by atoms with Gasteiger partial charge in [-0.3, -0.25) is 4.98 Å². The van der Waals surface area contributed by atoms with Gasteiger partial charge in [0.25, 0.3) is 5.82 Å². The quantitative estimate of drug-likeness (QED) is 0.501. The van der Waals surface area contributed by atoms with E-state index in [-0.39, 0.29) is 11.7 Å². The number of hydrogen-bond acceptors (Lipinski definition) is 3. The smallest absolute Gasteiger partial charge is 0.262 e. The molecule has 2 aromatic heterocycles. The molecule has 1 aliphatic heterocycles. The number of H-pyrrole nitrogens is 1. The van der Waals surface area contributed by atoms with Crippen LogP contribution in [0.25, 0.3) is 22.2 Å². The maximum atomic E-state index is 15.0. The second-order valence-electron chi connectivity index (χ2n) is 8.37. The molecule has 6 heteroatoms. The summed E-state index contributed by atoms with van der Waals surface area (Å²) in [5, 5.41) is 0. The van der Waals surface area contributed by atoms with Gasteiger partial charge in [-0.2, -0.15) is 0 Å². The molecule has 5 nitrogen and oxygen atoms in total. The van der Waals surface area contributed by atoms with Gasteiger partial charge >= 0.3 is 0 Å². The number of imidazole rings is 1. The molecule has 5 rings (SSSR count). The zero-order chi connectivity index (χ0) is 21.4. The van der Waals surface area contributed by atoms with Gasteiger partial charge in [-0.1, -0.05) is 18.2 Å². The molecule has 0 amide bonds. The van der Waals surface area contributed by atoms with Gasteiger partial charge in [0.05, 0.1) is 5.92 Å². The van der Waals surface area contributed by atoms with E-state index in [2.05, 4.69) is 39.6 Å². The van der Waals surface area contributed by atoms with Crippen LogP contribution < -0.4 is 9.30 Å². The Hall–Kier alpha value is -3.25. The molecule has 0 saturated carbocycles. The number of fused-ring (bicyclic) bond motifs is 2. The number of nitrogens with zero attached hydrogens (tertiary/aromatic N) is 3. The zero-order valence-electron chi connectivity index (χ0n) is 17.8. The maximum absolute atomic E-state index is 15.0. The number of hydrogen-bond donors (Lipinski definition) is 1. The molecule has 1 atom stereocenters. The van der Waals surface area contributed by atoms with Gasteiger partial charge < -0.3 is 9.64 Å². The number of halogens is 1. The van der Waals surface area contributed by atoms with Crippen molar-refractivity contribution >= 4 is 11.0 Å². The van der Waals surface area contributed by atoms with E-state index in [1.807, 2.05) is 36.4 Å². The van der Waals surface area contributed by atoms with Crippen molar-refractivity contribution in [2.75, 3.05) is 27.2 Å². The molecule has 1 aliphatic rings.